The van der Waals surface area contributed by atoms with Crippen LogP contribution in [0.3, 0.4) is 0 Å². The third-order valence-corrected chi connectivity index (χ3v) is 7.12. The molecule has 0 radical (unpaired) electrons. The second-order valence-electron chi connectivity index (χ2n) is 8.00. The summed E-state index contributed by atoms with van der Waals surface area (Å²) < 4.78 is 7.59. The summed E-state index contributed by atoms with van der Waals surface area (Å²) >= 11 is 0. The van der Waals surface area contributed by atoms with Crippen molar-refractivity contribution >= 4 is 16.9 Å². The van der Waals surface area contributed by atoms with E-state index in [1.54, 1.807) is 0 Å². The van der Waals surface area contributed by atoms with Crippen molar-refractivity contribution < 1.29 is 9.53 Å². The molecular weight excluding hydrogens is 312 g/mol. The van der Waals surface area contributed by atoms with E-state index in [1.807, 2.05) is 0 Å². The number of fused-ring (bicyclic) bond motifs is 3. The first-order valence-electron chi connectivity index (χ1n) is 9.64. The highest BCUT2D eigenvalue weighted by molar-refractivity contribution is 5.89. The Kier molecular flexibility index (Phi) is 3.30. The third-order valence-electron chi connectivity index (χ3n) is 7.12. The molecule has 0 unspecified atom stereocenters. The fraction of sp³-hybridized carbons (Fsp3) is 0.571. The SMILES string of the molecule is CC[C@@]12CCCN3CCc4c(n(c5ccccc45)[C@@H](C(=O)OC)C1)[C@@H]32. The van der Waals surface area contributed by atoms with E-state index in [0.717, 1.165) is 25.8 Å². The molecule has 25 heavy (non-hydrogen) atoms. The van der Waals surface area contributed by atoms with Crippen LogP contribution in [-0.2, 0) is 16.0 Å². The van der Waals surface area contributed by atoms with Gasteiger partial charge in [-0.15, -0.1) is 0 Å². The Morgan fingerprint density at radius 1 is 1.32 bits per heavy atom. The Morgan fingerprint density at radius 2 is 2.16 bits per heavy atom. The summed E-state index contributed by atoms with van der Waals surface area (Å²) in [6.45, 7) is 4.65. The third kappa shape index (κ3) is 1.89. The van der Waals surface area contributed by atoms with Crippen LogP contribution in [0.15, 0.2) is 24.3 Å². The molecule has 3 atom stereocenters. The van der Waals surface area contributed by atoms with Gasteiger partial charge in [-0.3, -0.25) is 4.90 Å². The lowest BCUT2D eigenvalue weighted by molar-refractivity contribution is -0.149. The van der Waals surface area contributed by atoms with Crippen LogP contribution in [0.5, 0.6) is 0 Å². The summed E-state index contributed by atoms with van der Waals surface area (Å²) in [5.74, 6) is -0.0856. The van der Waals surface area contributed by atoms with Crippen LogP contribution in [0, 0.1) is 5.41 Å². The second kappa shape index (κ2) is 5.34. The lowest BCUT2D eigenvalue weighted by atomic mass is 9.63. The quantitative estimate of drug-likeness (QED) is 0.780. The first-order chi connectivity index (χ1) is 12.2. The number of nitrogens with zero attached hydrogens (tertiary/aromatic N) is 2. The number of piperidine rings is 1. The zero-order valence-electron chi connectivity index (χ0n) is 15.1. The largest absolute Gasteiger partial charge is 0.467 e. The molecule has 0 amide bonds. The number of carbonyl (C=O) groups is 1. The fourth-order valence-corrected chi connectivity index (χ4v) is 6.02. The first kappa shape index (κ1) is 15.4. The van der Waals surface area contributed by atoms with Gasteiger partial charge in [-0.05, 0) is 55.7 Å². The molecule has 1 saturated heterocycles. The molecule has 132 valence electrons. The van der Waals surface area contributed by atoms with E-state index in [9.17, 15) is 4.79 Å². The van der Waals surface area contributed by atoms with Gasteiger partial charge in [0.15, 0.2) is 0 Å². The molecule has 0 aliphatic carbocycles. The summed E-state index contributed by atoms with van der Waals surface area (Å²) in [6, 6.07) is 8.90. The van der Waals surface area contributed by atoms with Gasteiger partial charge in [0.1, 0.15) is 6.04 Å². The number of methoxy groups -OCH3 is 1. The molecule has 4 heterocycles. The molecule has 1 aromatic heterocycles. The molecule has 3 aliphatic rings. The van der Waals surface area contributed by atoms with E-state index in [1.165, 1.54) is 48.7 Å². The number of esters is 1. The van der Waals surface area contributed by atoms with Gasteiger partial charge in [-0.1, -0.05) is 25.1 Å². The number of benzene rings is 1. The van der Waals surface area contributed by atoms with Crippen molar-refractivity contribution in [2.24, 2.45) is 5.41 Å². The van der Waals surface area contributed by atoms with Crippen LogP contribution in [0.1, 0.15) is 55.9 Å². The molecule has 4 nitrogen and oxygen atoms in total. The minimum absolute atomic E-state index is 0.0856. The number of ether oxygens (including phenoxy) is 1. The number of hydrogen-bond acceptors (Lipinski definition) is 3. The van der Waals surface area contributed by atoms with Crippen molar-refractivity contribution in [3.8, 4) is 0 Å². The molecule has 4 heteroatoms. The van der Waals surface area contributed by atoms with Gasteiger partial charge >= 0.3 is 5.97 Å². The predicted molar refractivity (Wildman–Crippen MR) is 97.6 cm³/mol. The molecule has 0 saturated carbocycles. The topological polar surface area (TPSA) is 34.5 Å². The molecular formula is C21H26N2O2. The highest BCUT2D eigenvalue weighted by Gasteiger charge is 2.54. The van der Waals surface area contributed by atoms with Crippen molar-refractivity contribution in [3.63, 3.8) is 0 Å². The van der Waals surface area contributed by atoms with Gasteiger partial charge in [-0.2, -0.15) is 0 Å². The van der Waals surface area contributed by atoms with Gasteiger partial charge in [0, 0.05) is 23.1 Å². The van der Waals surface area contributed by atoms with Crippen molar-refractivity contribution in [3.05, 3.63) is 35.5 Å². The summed E-state index contributed by atoms with van der Waals surface area (Å²) in [7, 11) is 1.53. The van der Waals surface area contributed by atoms with Gasteiger partial charge in [0.25, 0.3) is 0 Å². The Balaban J connectivity index is 1.84. The van der Waals surface area contributed by atoms with Crippen LogP contribution in [-0.4, -0.2) is 35.6 Å². The van der Waals surface area contributed by atoms with E-state index in [0.29, 0.717) is 6.04 Å². The van der Waals surface area contributed by atoms with Crippen molar-refractivity contribution in [1.82, 2.24) is 9.47 Å². The number of hydrogen-bond donors (Lipinski definition) is 0. The van der Waals surface area contributed by atoms with Gasteiger partial charge in [-0.25, -0.2) is 4.79 Å². The van der Waals surface area contributed by atoms with Crippen molar-refractivity contribution in [2.45, 2.75) is 51.1 Å². The van der Waals surface area contributed by atoms with Gasteiger partial charge in [0.2, 0.25) is 0 Å². The predicted octanol–water partition coefficient (Wildman–Crippen LogP) is 3.85. The normalized spacial score (nSPS) is 31.0. The first-order valence-corrected chi connectivity index (χ1v) is 9.64. The molecule has 2 aromatic rings. The molecule has 0 spiro atoms. The summed E-state index contributed by atoms with van der Waals surface area (Å²) in [5, 5.41) is 1.34. The smallest absolute Gasteiger partial charge is 0.328 e. The Labute approximate surface area is 148 Å². The highest BCUT2D eigenvalue weighted by Crippen LogP contribution is 2.59. The second-order valence-corrected chi connectivity index (χ2v) is 8.00. The molecule has 5 rings (SSSR count). The van der Waals surface area contributed by atoms with E-state index in [-0.39, 0.29) is 17.4 Å². The Morgan fingerprint density at radius 3 is 2.96 bits per heavy atom. The number of para-hydroxylation sites is 1. The average molecular weight is 338 g/mol. The van der Waals surface area contributed by atoms with Crippen LogP contribution < -0.4 is 0 Å². The minimum atomic E-state index is -0.187. The number of aromatic nitrogens is 1. The Bertz CT molecular complexity index is 855. The summed E-state index contributed by atoms with van der Waals surface area (Å²) in [6.07, 6.45) is 5.59. The van der Waals surface area contributed by atoms with Crippen LogP contribution in [0.25, 0.3) is 10.9 Å². The van der Waals surface area contributed by atoms with Gasteiger partial charge in [0.05, 0.1) is 13.2 Å². The van der Waals surface area contributed by atoms with E-state index < -0.39 is 0 Å². The highest BCUT2D eigenvalue weighted by atomic mass is 16.5. The maximum absolute atomic E-state index is 12.8. The summed E-state index contributed by atoms with van der Waals surface area (Å²) in [4.78, 5) is 15.5. The van der Waals surface area contributed by atoms with E-state index >= 15 is 0 Å². The Hall–Kier alpha value is -1.81. The molecule has 0 N–H and O–H groups in total. The molecule has 1 fully saturated rings. The van der Waals surface area contributed by atoms with Crippen LogP contribution >= 0.6 is 0 Å². The monoisotopic (exact) mass is 338 g/mol. The lowest BCUT2D eigenvalue weighted by Gasteiger charge is -2.56. The average Bonchev–Trinajstić information content (AvgIpc) is 3.01. The molecule has 0 bridgehead atoms. The lowest BCUT2D eigenvalue weighted by Crippen LogP contribution is -2.53. The van der Waals surface area contributed by atoms with E-state index in [4.69, 9.17) is 4.74 Å². The van der Waals surface area contributed by atoms with Crippen LogP contribution in [0.2, 0.25) is 0 Å². The number of rotatable bonds is 2. The maximum Gasteiger partial charge on any atom is 0.328 e. The number of carbonyl (C=O) groups excluding carboxylic acids is 1. The van der Waals surface area contributed by atoms with Crippen molar-refractivity contribution in [1.29, 1.82) is 0 Å². The van der Waals surface area contributed by atoms with Gasteiger partial charge < -0.3 is 9.30 Å². The fourth-order valence-electron chi connectivity index (χ4n) is 6.02. The molecule has 1 aromatic carbocycles. The molecule has 3 aliphatic heterocycles. The van der Waals surface area contributed by atoms with E-state index in [2.05, 4.69) is 40.7 Å². The zero-order chi connectivity index (χ0) is 17.2. The maximum atomic E-state index is 12.8. The minimum Gasteiger partial charge on any atom is -0.467 e. The summed E-state index contributed by atoms with van der Waals surface area (Å²) in [5.41, 5.74) is 4.30. The zero-order valence-corrected chi connectivity index (χ0v) is 15.1. The standard InChI is InChI=1S/C21H26N2O2/c1-3-21-10-6-11-22-12-9-15-14-7-4-5-8-16(14)23(18(15)19(21)22)17(13-21)20(24)25-2/h4-5,7-8,17,19H,3,6,9-13H2,1-2H3/t17-,19-,21-/m1/s1. The van der Waals surface area contributed by atoms with Crippen molar-refractivity contribution in [2.75, 3.05) is 20.2 Å². The van der Waals surface area contributed by atoms with Crippen LogP contribution in [0.4, 0.5) is 0 Å².